The minimum absolute atomic E-state index is 0. The van der Waals surface area contributed by atoms with Crippen molar-refractivity contribution < 1.29 is 136 Å². The van der Waals surface area contributed by atoms with Crippen LogP contribution in [0.1, 0.15) is 229 Å². The van der Waals surface area contributed by atoms with Gasteiger partial charge in [-0.15, -0.1) is 0 Å². The summed E-state index contributed by atoms with van der Waals surface area (Å²) >= 11 is 0. The molecule has 679 valence electrons. The van der Waals surface area contributed by atoms with Gasteiger partial charge < -0.3 is 73.5 Å². The third-order valence-corrected chi connectivity index (χ3v) is 27.2. The second-order valence-corrected chi connectivity index (χ2v) is 39.0. The van der Waals surface area contributed by atoms with Crippen molar-refractivity contribution in [1.82, 2.24) is 60.6 Å². The van der Waals surface area contributed by atoms with E-state index in [2.05, 4.69) is 44.8 Å². The van der Waals surface area contributed by atoms with Crippen LogP contribution < -0.4 is 30.2 Å². The summed E-state index contributed by atoms with van der Waals surface area (Å²) in [6, 6.07) is 11.1. The Morgan fingerprint density at radius 3 is 1.21 bits per heavy atom. The van der Waals surface area contributed by atoms with E-state index in [4.69, 9.17) is 48.4 Å². The van der Waals surface area contributed by atoms with Gasteiger partial charge in [0, 0.05) is 67.8 Å². The molecule has 4 saturated carbocycles. The van der Waals surface area contributed by atoms with Crippen molar-refractivity contribution >= 4 is 88.0 Å². The van der Waals surface area contributed by atoms with E-state index in [0.717, 1.165) is 132 Å². The quantitative estimate of drug-likeness (QED) is 0.107. The Kier molecular flexibility index (Phi) is 33.0. The Bertz CT molecular complexity index is 4890. The number of amides is 6. The zero-order valence-corrected chi connectivity index (χ0v) is 78.6. The number of rotatable bonds is 5. The van der Waals surface area contributed by atoms with Crippen molar-refractivity contribution in [3.8, 4) is 17.6 Å². The molecule has 3 radical (unpaired) electrons. The Balaban J connectivity index is 0.000000181. The minimum atomic E-state index is -0.921. The zero-order chi connectivity index (χ0) is 87.5. The number of hydrogen-bond acceptors (Lipinski definition) is 21. The van der Waals surface area contributed by atoms with E-state index in [-0.39, 0.29) is 135 Å². The molecule has 6 aromatic rings. The zero-order valence-electron chi connectivity index (χ0n) is 74.5. The maximum atomic E-state index is 14.1. The number of aromatic nitrogens is 6. The molecule has 9 heterocycles. The molecule has 20 atom stereocenters. The topological polar surface area (TPSA) is 332 Å². The maximum Gasteiger partial charge on any atom is 0.408 e. The molecule has 126 heavy (non-hydrogen) atoms. The van der Waals surface area contributed by atoms with Crippen LogP contribution in [-0.4, -0.2) is 192 Å². The third kappa shape index (κ3) is 22.8. The second kappa shape index (κ2) is 42.2. The third-order valence-electron chi connectivity index (χ3n) is 27.2. The molecule has 32 heteroatoms. The van der Waals surface area contributed by atoms with E-state index in [9.17, 15) is 51.9 Å². The fraction of sp³-hybridized carbons (Fsp3) is 0.649. The van der Waals surface area contributed by atoms with Gasteiger partial charge in [0.2, 0.25) is 35.4 Å². The number of nitrogens with one attached hydrogen (secondary N) is 3. The van der Waals surface area contributed by atoms with E-state index in [1.165, 1.54) is 45.4 Å². The van der Waals surface area contributed by atoms with Crippen LogP contribution in [0.25, 0.3) is 33.1 Å². The average Bonchev–Trinajstić information content (AvgIpc) is 1.53. The fourth-order valence-electron chi connectivity index (χ4n) is 20.0. The average molecular weight is 1850 g/mol. The van der Waals surface area contributed by atoms with Gasteiger partial charge in [-0.05, 0) is 196 Å². The summed E-state index contributed by atoms with van der Waals surface area (Å²) in [5.41, 5.74) is 3.77. The molecular weight excluding hydrogens is 1730 g/mol. The molecule has 10 aliphatic rings. The first-order chi connectivity index (χ1) is 58.8. The van der Waals surface area contributed by atoms with E-state index < -0.39 is 101 Å². The van der Waals surface area contributed by atoms with Crippen LogP contribution in [0.5, 0.6) is 17.6 Å². The first-order valence-corrected chi connectivity index (χ1v) is 44.9. The van der Waals surface area contributed by atoms with Crippen LogP contribution in [-0.2, 0) is 118 Å². The maximum absolute atomic E-state index is 14.1. The van der Waals surface area contributed by atoms with Gasteiger partial charge in [-0.2, -0.15) is 0 Å². The van der Waals surface area contributed by atoms with Crippen molar-refractivity contribution in [2.24, 2.45) is 63.6 Å². The number of fused-ring (bicyclic) bond motifs is 17. The molecule has 6 aliphatic heterocycles. The Morgan fingerprint density at radius 1 is 0.389 bits per heavy atom. The second-order valence-electron chi connectivity index (χ2n) is 39.0. The van der Waals surface area contributed by atoms with Crippen molar-refractivity contribution in [2.75, 3.05) is 19.6 Å². The molecule has 16 rings (SSSR count). The molecule has 6 amide bonds. The first kappa shape index (κ1) is 98.5. The largest absolute Gasteiger partial charge is 0.540 e. The van der Waals surface area contributed by atoms with Gasteiger partial charge in [-0.1, -0.05) is 165 Å². The summed E-state index contributed by atoms with van der Waals surface area (Å²) in [7, 11) is 0. The van der Waals surface area contributed by atoms with E-state index in [0.29, 0.717) is 100 Å². The van der Waals surface area contributed by atoms with Gasteiger partial charge >= 0.3 is 18.3 Å². The number of benzene rings is 3. The van der Waals surface area contributed by atoms with Crippen molar-refractivity contribution in [1.29, 1.82) is 0 Å². The standard InChI is InChI=1S/C32H42FN4O5.C32H41N4O5.C30H38FN4O5.3V/c1-5-21-25(18-38)37-17-27(21)41-29-23(34-22-15-14-20(33)16-24(22)35-29)12-8-6-7-10-19-11-9-13-26(19)42-31(40)36-28(30(37)39)32(2,3)4;1-18-25(17-37)36-16-27(18)40-29-24(33-22-11-8-9-12-23(22)34-29)13-7-5-6-10-20-21-14-19(21)15-26(20)41-31(39)35-28(30(36)38)32(2,3)4;1-5-19-23(16-36)35-15-25(19)39-27-21(32-20-12-11-18(31)14-22(20)33-27)10-8-6-7-9-17-13-24(17)40-29(38)34-26(28(35)37)30(2,3)4;;;/h14-16,19,21,25-28H,5-13,17H2,1-4H3,(H,36,40);8-9,11-12,18-21,25-28H,5-7,10,13-16H2,1-4H3,(H,35,39);11-12,14,17,19,23-26H,5-10,13,15H2,1-4H3,(H,34,38);;;/q3*-1;;;/t19-,21+,25-,26-,27+,28-;18-,19?,20+,21?,25+,26+,27-,28+;17-,19+,23-,24-,25+,26-;;;/m101.../s1. The van der Waals surface area contributed by atoms with Crippen LogP contribution in [0, 0.1) is 75.2 Å². The predicted molar refractivity (Wildman–Crippen MR) is 454 cm³/mol. The van der Waals surface area contributed by atoms with E-state index in [1.807, 2.05) is 107 Å². The molecule has 3 aromatic heterocycles. The number of ether oxygens (including phenoxy) is 6. The fourth-order valence-corrected chi connectivity index (χ4v) is 20.0. The number of para-hydroxylation sites is 2. The minimum Gasteiger partial charge on any atom is -0.540 e. The molecule has 3 aromatic carbocycles. The number of carbonyl (C=O) groups excluding carboxylic acids is 9. The summed E-state index contributed by atoms with van der Waals surface area (Å²) in [6.07, 6.45) is 22.9. The van der Waals surface area contributed by atoms with Crippen molar-refractivity contribution in [3.05, 3.63) is 89.4 Å². The molecule has 0 spiro atoms. The molecule has 2 unspecified atom stereocenters. The SMILES string of the molecule is CC[C@@H]1[C@@H]2CN(C(=O)[C@H](C(C)(C)C)NC(=O)O[C@@H]3CCC[C@H]3CCCCCc3nc4ccc(F)cc4nc3O2)[C@@H]1[C-]=O.CC[C@@H]1[C@@H]2CN(C(=O)[C@H](C(C)(C)C)NC(=O)O[C@@H]3C[C@H]3CCCCCc3nc4ccc(F)cc4nc3O2)[C@@H]1[C-]=O.C[C@@H]1[C@@H]2CN(C(=O)[C@H](C(C)(C)C)NC(=O)O[C@@H]3CC4CC4[C@H]3CCCCCc3nc4ccccc4nc3O2)[C@@H]1[C-]=O.[V].[V].[V]. The van der Waals surface area contributed by atoms with Gasteiger partial charge in [0.15, 0.2) is 0 Å². The van der Waals surface area contributed by atoms with Gasteiger partial charge in [-0.3, -0.25) is 14.4 Å². The Hall–Kier alpha value is -8.08. The Labute approximate surface area is 773 Å². The van der Waals surface area contributed by atoms with E-state index >= 15 is 0 Å². The van der Waals surface area contributed by atoms with Gasteiger partial charge in [0.25, 0.3) is 0 Å². The summed E-state index contributed by atoms with van der Waals surface area (Å²) in [4.78, 5) is 151. The molecular formula is C94H121F2N12O15V3-3. The van der Waals surface area contributed by atoms with Crippen LogP contribution in [0.15, 0.2) is 60.7 Å². The number of carbonyl (C=O) groups is 6. The van der Waals surface area contributed by atoms with E-state index in [1.54, 1.807) is 12.1 Å². The van der Waals surface area contributed by atoms with Crippen molar-refractivity contribution in [2.45, 2.75) is 304 Å². The predicted octanol–water partition coefficient (Wildman–Crippen LogP) is 14.4. The Morgan fingerprint density at radius 2 is 0.762 bits per heavy atom. The van der Waals surface area contributed by atoms with Gasteiger partial charge in [-0.25, -0.2) is 71.9 Å². The van der Waals surface area contributed by atoms with Crippen molar-refractivity contribution in [3.63, 3.8) is 0 Å². The monoisotopic (exact) mass is 1850 g/mol. The summed E-state index contributed by atoms with van der Waals surface area (Å²) in [5, 5.41) is 8.52. The first-order valence-electron chi connectivity index (χ1n) is 44.9. The molecule has 3 N–H and O–H groups in total. The number of nitrogens with zero attached hydrogens (tertiary/aromatic N) is 9. The van der Waals surface area contributed by atoms with Crippen LogP contribution in [0.4, 0.5) is 23.2 Å². The number of halogens is 2. The summed E-state index contributed by atoms with van der Waals surface area (Å²) in [5.74, 6) is 0.371. The van der Waals surface area contributed by atoms with Gasteiger partial charge in [0.05, 0.1) is 52.7 Å². The summed E-state index contributed by atoms with van der Waals surface area (Å²) in [6.45, 7) is 23.1. The normalized spacial score (nSPS) is 30.4. The van der Waals surface area contributed by atoms with Crippen LogP contribution in [0.2, 0.25) is 0 Å². The molecule has 7 fully saturated rings. The summed E-state index contributed by atoms with van der Waals surface area (Å²) < 4.78 is 65.1. The number of aryl methyl sites for hydroxylation is 3. The molecule has 27 nitrogen and oxygen atoms in total. The van der Waals surface area contributed by atoms with Gasteiger partial charge in [0.1, 0.15) is 83.5 Å². The number of alkyl carbamates (subject to hydrolysis) is 3. The number of hydrogen-bond donors (Lipinski definition) is 3. The van der Waals surface area contributed by atoms with Crippen LogP contribution in [0.3, 0.4) is 0 Å². The smallest absolute Gasteiger partial charge is 0.408 e. The molecule has 6 bridgehead atoms. The molecule has 3 saturated heterocycles. The van der Waals surface area contributed by atoms with Crippen LogP contribution >= 0.6 is 0 Å². The molecule has 4 aliphatic carbocycles.